The van der Waals surface area contributed by atoms with E-state index in [4.69, 9.17) is 4.55 Å². The summed E-state index contributed by atoms with van der Waals surface area (Å²) in [6.07, 6.45) is 2.66. The summed E-state index contributed by atoms with van der Waals surface area (Å²) >= 11 is 0. The van der Waals surface area contributed by atoms with Crippen LogP contribution in [-0.4, -0.2) is 18.2 Å². The van der Waals surface area contributed by atoms with Gasteiger partial charge in [-0.3, -0.25) is 4.55 Å². The molecule has 0 amide bonds. The second-order valence-corrected chi connectivity index (χ2v) is 4.82. The summed E-state index contributed by atoms with van der Waals surface area (Å²) in [5, 5.41) is -3.99. The summed E-state index contributed by atoms with van der Waals surface area (Å²) in [5.74, 6) is 0. The lowest BCUT2D eigenvalue weighted by molar-refractivity contribution is 0.0683. The average Bonchev–Trinajstić information content (AvgIpc) is 2.02. The monoisotopic (exact) mass is 247 g/mol. The number of unbranched alkanes of at least 4 members (excludes halogenated alkanes) is 4. The summed E-state index contributed by atoms with van der Waals surface area (Å²) in [4.78, 5) is 0. The normalized spacial score (nSPS) is 12.3. The maximum absolute atomic E-state index is 12.6. The number of alkyl halides is 2. The third-order valence-electron chi connectivity index (χ3n) is 1.95. The lowest BCUT2D eigenvalue weighted by Crippen LogP contribution is -2.27. The van der Waals surface area contributed by atoms with E-state index in [0.29, 0.717) is 6.42 Å². The van der Waals surface area contributed by atoms with E-state index in [1.54, 1.807) is 0 Å². The van der Waals surface area contributed by atoms with Crippen LogP contribution in [0.15, 0.2) is 0 Å². The van der Waals surface area contributed by atoms with Crippen LogP contribution in [0.5, 0.6) is 0 Å². The summed E-state index contributed by atoms with van der Waals surface area (Å²) in [6.45, 7) is 1.99. The third-order valence-corrected chi connectivity index (χ3v) is 2.91. The molecule has 0 aromatic heterocycles. The molecule has 0 aliphatic heterocycles. The highest BCUT2D eigenvalue weighted by molar-refractivity contribution is 7.86. The van der Waals surface area contributed by atoms with Gasteiger partial charge in [0.2, 0.25) is 0 Å². The van der Waals surface area contributed by atoms with Crippen LogP contribution < -0.4 is 6.15 Å². The fraction of sp³-hybridized carbons (Fsp3) is 1.00. The molecule has 0 aromatic carbocycles. The predicted octanol–water partition coefficient (Wildman–Crippen LogP) is 2.99. The minimum absolute atomic E-state index is 0. The number of halogens is 2. The molecule has 94 valence electrons. The third kappa shape index (κ3) is 6.75. The van der Waals surface area contributed by atoms with Crippen LogP contribution in [0.3, 0.4) is 0 Å². The van der Waals surface area contributed by atoms with E-state index in [0.717, 1.165) is 19.3 Å². The van der Waals surface area contributed by atoms with Gasteiger partial charge in [-0.05, 0) is 6.42 Å². The highest BCUT2D eigenvalue weighted by Gasteiger charge is 2.42. The molecule has 0 heterocycles. The molecule has 0 saturated heterocycles. The van der Waals surface area contributed by atoms with Gasteiger partial charge in [0, 0.05) is 6.42 Å². The van der Waals surface area contributed by atoms with Gasteiger partial charge < -0.3 is 6.15 Å². The summed E-state index contributed by atoms with van der Waals surface area (Å²) in [5.41, 5.74) is 0. The molecule has 0 saturated carbocycles. The van der Waals surface area contributed by atoms with Gasteiger partial charge in [-0.1, -0.05) is 32.6 Å². The smallest absolute Gasteiger partial charge is 0.344 e. The molecule has 7 heteroatoms. The molecule has 0 radical (unpaired) electrons. The fourth-order valence-corrected chi connectivity index (χ4v) is 1.47. The Hall–Kier alpha value is -0.270. The first kappa shape index (κ1) is 17.1. The van der Waals surface area contributed by atoms with Gasteiger partial charge in [-0.25, -0.2) is 0 Å². The van der Waals surface area contributed by atoms with Gasteiger partial charge >= 0.3 is 15.4 Å². The van der Waals surface area contributed by atoms with Crippen LogP contribution in [0.25, 0.3) is 0 Å². The Kier molecular flexibility index (Phi) is 8.09. The van der Waals surface area contributed by atoms with Gasteiger partial charge in [0.05, 0.1) is 0 Å². The molecule has 0 unspecified atom stereocenters. The zero-order valence-corrected chi connectivity index (χ0v) is 9.69. The molecule has 0 spiro atoms. The number of hydrogen-bond acceptors (Lipinski definition) is 3. The van der Waals surface area contributed by atoms with Crippen molar-refractivity contribution >= 4 is 10.1 Å². The van der Waals surface area contributed by atoms with Crippen molar-refractivity contribution in [1.29, 1.82) is 0 Å². The van der Waals surface area contributed by atoms with Crippen molar-refractivity contribution in [1.82, 2.24) is 6.15 Å². The number of hydrogen-bond donors (Lipinski definition) is 2. The molecule has 0 atom stereocenters. The minimum atomic E-state index is -5.23. The van der Waals surface area contributed by atoms with E-state index in [1.165, 1.54) is 0 Å². The molecule has 15 heavy (non-hydrogen) atoms. The van der Waals surface area contributed by atoms with Crippen LogP contribution in [0.2, 0.25) is 0 Å². The van der Waals surface area contributed by atoms with Crippen molar-refractivity contribution in [3.05, 3.63) is 0 Å². The molecule has 0 aromatic rings. The van der Waals surface area contributed by atoms with Crippen LogP contribution in [0.1, 0.15) is 45.4 Å². The number of rotatable bonds is 7. The van der Waals surface area contributed by atoms with Crippen LogP contribution in [0, 0.1) is 0 Å². The van der Waals surface area contributed by atoms with Gasteiger partial charge in [0.1, 0.15) is 0 Å². The first-order valence-corrected chi connectivity index (χ1v) is 6.10. The Balaban J connectivity index is 0. The molecule has 0 aliphatic carbocycles. The average molecular weight is 247 g/mol. The SMILES string of the molecule is CCCCCCCC(F)(F)S(=O)(=O)O.N. The topological polar surface area (TPSA) is 89.4 Å². The summed E-state index contributed by atoms with van der Waals surface area (Å²) in [6, 6.07) is 0. The van der Waals surface area contributed by atoms with Crippen molar-refractivity contribution in [3.63, 3.8) is 0 Å². The maximum atomic E-state index is 12.6. The van der Waals surface area contributed by atoms with Crippen LogP contribution in [0.4, 0.5) is 8.78 Å². The van der Waals surface area contributed by atoms with Gasteiger partial charge in [-0.2, -0.15) is 17.2 Å². The molecule has 4 nitrogen and oxygen atoms in total. The largest absolute Gasteiger partial charge is 0.370 e. The Morgan fingerprint density at radius 1 is 1.13 bits per heavy atom. The lowest BCUT2D eigenvalue weighted by atomic mass is 10.1. The fourth-order valence-electron chi connectivity index (χ4n) is 1.06. The summed E-state index contributed by atoms with van der Waals surface area (Å²) < 4.78 is 53.7. The molecule has 0 rings (SSSR count). The molecule has 4 N–H and O–H groups in total. The highest BCUT2D eigenvalue weighted by atomic mass is 32.2. The van der Waals surface area contributed by atoms with E-state index < -0.39 is 21.8 Å². The Morgan fingerprint density at radius 2 is 1.60 bits per heavy atom. The molecular formula is C8H19F2NO3S. The predicted molar refractivity (Wildman–Crippen MR) is 54.9 cm³/mol. The van der Waals surface area contributed by atoms with E-state index in [2.05, 4.69) is 0 Å². The van der Waals surface area contributed by atoms with E-state index in [9.17, 15) is 17.2 Å². The maximum Gasteiger partial charge on any atom is 0.370 e. The minimum Gasteiger partial charge on any atom is -0.344 e. The van der Waals surface area contributed by atoms with Gasteiger partial charge in [0.25, 0.3) is 0 Å². The second kappa shape index (κ2) is 7.08. The molecule has 0 bridgehead atoms. The van der Waals surface area contributed by atoms with Crippen molar-refractivity contribution in [2.75, 3.05) is 0 Å². The van der Waals surface area contributed by atoms with Crippen molar-refractivity contribution in [2.24, 2.45) is 0 Å². The van der Waals surface area contributed by atoms with Crippen LogP contribution >= 0.6 is 0 Å². The second-order valence-electron chi connectivity index (χ2n) is 3.28. The highest BCUT2D eigenvalue weighted by Crippen LogP contribution is 2.27. The van der Waals surface area contributed by atoms with Gasteiger partial charge in [-0.15, -0.1) is 0 Å². The zero-order chi connectivity index (χ0) is 11.2. The van der Waals surface area contributed by atoms with Crippen molar-refractivity contribution < 1.29 is 21.8 Å². The molecule has 0 fully saturated rings. The molecule has 0 aliphatic rings. The van der Waals surface area contributed by atoms with Crippen molar-refractivity contribution in [3.8, 4) is 0 Å². The first-order valence-electron chi connectivity index (χ1n) is 4.66. The lowest BCUT2D eigenvalue weighted by Gasteiger charge is -2.11. The zero-order valence-electron chi connectivity index (χ0n) is 8.88. The standard InChI is InChI=1S/C8H16F2O3S.H3N/c1-2-3-4-5-6-7-8(9,10)14(11,12)13;/h2-7H2,1H3,(H,11,12,13);1H3. The van der Waals surface area contributed by atoms with Crippen LogP contribution in [-0.2, 0) is 10.1 Å². The van der Waals surface area contributed by atoms with E-state index in [1.807, 2.05) is 6.92 Å². The first-order chi connectivity index (χ1) is 6.31. The summed E-state index contributed by atoms with van der Waals surface area (Å²) in [7, 11) is -5.23. The quantitative estimate of drug-likeness (QED) is 0.534. The van der Waals surface area contributed by atoms with Crippen molar-refractivity contribution in [2.45, 2.75) is 50.7 Å². The van der Waals surface area contributed by atoms with E-state index in [-0.39, 0.29) is 12.6 Å². The van der Waals surface area contributed by atoms with E-state index >= 15 is 0 Å². The Bertz CT molecular complexity index is 255. The van der Waals surface area contributed by atoms with Gasteiger partial charge in [0.15, 0.2) is 0 Å². The Morgan fingerprint density at radius 3 is 2.00 bits per heavy atom. The molecular weight excluding hydrogens is 228 g/mol. The Labute approximate surface area is 89.4 Å².